The topological polar surface area (TPSA) is 198 Å². The predicted octanol–water partition coefficient (Wildman–Crippen LogP) is 7.89. The maximum atomic E-state index is 13.2. The maximum Gasteiger partial charge on any atom is 0.249 e. The minimum Gasteiger partial charge on any atom is -0.394 e. The van der Waals surface area contributed by atoms with E-state index in [9.17, 15) is 40.2 Å². The molecule has 9 atom stereocenters. The molecule has 0 aliphatic carbocycles. The second kappa shape index (κ2) is 37.0. The number of carbonyl (C=O) groups is 2. The van der Waals surface area contributed by atoms with Crippen molar-refractivity contribution in [3.05, 3.63) is 0 Å². The molecule has 12 nitrogen and oxygen atoms in total. The maximum absolute atomic E-state index is 13.2. The van der Waals surface area contributed by atoms with E-state index in [0.29, 0.717) is 19.3 Å². The van der Waals surface area contributed by atoms with E-state index in [2.05, 4.69) is 31.4 Å². The van der Waals surface area contributed by atoms with Crippen LogP contribution in [0, 0.1) is 5.92 Å². The molecular weight excluding hydrogens is 765 g/mol. The molecule has 0 radical (unpaired) electrons. The number of hydrogen-bond donors (Lipinski definition) is 8. The summed E-state index contributed by atoms with van der Waals surface area (Å²) >= 11 is 0. The number of amides is 2. The SMILES string of the molecule is CCCCCCCCCCCCCCCCCCCC[C@@H](O)C(=O)N[C@@H](CO[C@@H]1O[C@H](CO)[C@@H](O)[C@H](O)[C@H]1NC(C)=O)[C@H](O)[C@H](O)CCCCCCCCCCCC(C)C. The van der Waals surface area contributed by atoms with Crippen molar-refractivity contribution in [2.24, 2.45) is 5.92 Å². The van der Waals surface area contributed by atoms with Gasteiger partial charge in [-0.2, -0.15) is 0 Å². The summed E-state index contributed by atoms with van der Waals surface area (Å²) in [6, 6.07) is -2.38. The van der Waals surface area contributed by atoms with Crippen LogP contribution in [0.15, 0.2) is 0 Å². The van der Waals surface area contributed by atoms with Crippen LogP contribution in [-0.4, -0.2) is 111 Å². The number of rotatable bonds is 40. The highest BCUT2D eigenvalue weighted by Crippen LogP contribution is 2.24. The number of aliphatic hydroxyl groups is 6. The lowest BCUT2D eigenvalue weighted by atomic mass is 9.96. The van der Waals surface area contributed by atoms with E-state index in [1.54, 1.807) is 0 Å². The molecule has 1 saturated heterocycles. The Labute approximate surface area is 365 Å². The van der Waals surface area contributed by atoms with Crippen molar-refractivity contribution in [1.82, 2.24) is 10.6 Å². The molecule has 0 spiro atoms. The van der Waals surface area contributed by atoms with E-state index in [1.807, 2.05) is 0 Å². The molecule has 0 bridgehead atoms. The number of unbranched alkanes of at least 4 members (excludes halogenated alkanes) is 25. The van der Waals surface area contributed by atoms with E-state index >= 15 is 0 Å². The average molecular weight is 859 g/mol. The molecular formula is C48H94N2O10. The van der Waals surface area contributed by atoms with Gasteiger partial charge in [0, 0.05) is 6.92 Å². The zero-order chi connectivity index (χ0) is 44.4. The number of nitrogens with one attached hydrogen (secondary N) is 2. The van der Waals surface area contributed by atoms with Crippen LogP contribution in [0.5, 0.6) is 0 Å². The molecule has 1 aliphatic heterocycles. The standard InChI is InChI=1S/C48H94N2O10/c1-5-6-7-8-9-10-11-12-13-14-15-16-17-18-21-25-28-31-34-41(54)47(58)50-39(36-59-48-43(49-38(4)52)46(57)45(56)42(35-51)60-48)44(55)40(53)33-30-27-24-22-19-20-23-26-29-32-37(2)3/h37,39-46,48,51,53-57H,5-36H2,1-4H3,(H,49,52)(H,50,58)/t39-,40+,41+,42+,43+,44-,45+,46+,48+/m0/s1. The van der Waals surface area contributed by atoms with E-state index in [0.717, 1.165) is 44.4 Å². The number of ether oxygens (including phenoxy) is 2. The molecule has 0 aromatic heterocycles. The second-order valence-electron chi connectivity index (χ2n) is 18.4. The predicted molar refractivity (Wildman–Crippen MR) is 240 cm³/mol. The largest absolute Gasteiger partial charge is 0.394 e. The molecule has 0 unspecified atom stereocenters. The van der Waals surface area contributed by atoms with Crippen molar-refractivity contribution in [3.8, 4) is 0 Å². The quantitative estimate of drug-likeness (QED) is 0.0281. The van der Waals surface area contributed by atoms with Crippen molar-refractivity contribution < 1.29 is 49.7 Å². The van der Waals surface area contributed by atoms with E-state index < -0.39 is 80.0 Å². The smallest absolute Gasteiger partial charge is 0.249 e. The van der Waals surface area contributed by atoms with Crippen LogP contribution >= 0.6 is 0 Å². The Morgan fingerprint density at radius 1 is 0.617 bits per heavy atom. The summed E-state index contributed by atoms with van der Waals surface area (Å²) in [5.41, 5.74) is 0. The molecule has 0 aromatic carbocycles. The van der Waals surface area contributed by atoms with Crippen LogP contribution in [0.1, 0.15) is 220 Å². The van der Waals surface area contributed by atoms with Gasteiger partial charge < -0.3 is 50.7 Å². The molecule has 60 heavy (non-hydrogen) atoms. The van der Waals surface area contributed by atoms with Gasteiger partial charge in [0.2, 0.25) is 11.8 Å². The highest BCUT2D eigenvalue weighted by molar-refractivity contribution is 5.80. The summed E-state index contributed by atoms with van der Waals surface area (Å²) in [6.45, 7) is 6.98. The molecule has 0 aromatic rings. The Hall–Kier alpha value is -1.38. The first-order valence-electron chi connectivity index (χ1n) is 24.8. The summed E-state index contributed by atoms with van der Waals surface area (Å²) in [5.74, 6) is -0.456. The van der Waals surface area contributed by atoms with Crippen LogP contribution < -0.4 is 10.6 Å². The van der Waals surface area contributed by atoms with Crippen LogP contribution in [0.4, 0.5) is 0 Å². The van der Waals surface area contributed by atoms with Gasteiger partial charge >= 0.3 is 0 Å². The summed E-state index contributed by atoms with van der Waals surface area (Å²) in [5, 5.41) is 69.1. The number of carbonyl (C=O) groups excluding carboxylic acids is 2. The molecule has 1 fully saturated rings. The molecule has 1 heterocycles. The van der Waals surface area contributed by atoms with Gasteiger partial charge in [-0.15, -0.1) is 0 Å². The average Bonchev–Trinajstić information content (AvgIpc) is 3.22. The summed E-state index contributed by atoms with van der Waals surface area (Å²) in [6.07, 6.45) is 24.8. The van der Waals surface area contributed by atoms with Gasteiger partial charge in [0.1, 0.15) is 36.6 Å². The van der Waals surface area contributed by atoms with Crippen molar-refractivity contribution >= 4 is 11.8 Å². The first-order chi connectivity index (χ1) is 28.9. The Kier molecular flexibility index (Phi) is 35.0. The fraction of sp³-hybridized carbons (Fsp3) is 0.958. The van der Waals surface area contributed by atoms with E-state index in [4.69, 9.17) is 9.47 Å². The number of hydrogen-bond acceptors (Lipinski definition) is 10. The molecule has 12 heteroatoms. The first kappa shape index (κ1) is 56.6. The molecule has 1 rings (SSSR count). The fourth-order valence-corrected chi connectivity index (χ4v) is 8.27. The van der Waals surface area contributed by atoms with Crippen molar-refractivity contribution in [2.75, 3.05) is 13.2 Å². The third kappa shape index (κ3) is 27.6. The molecule has 356 valence electrons. The Morgan fingerprint density at radius 3 is 1.45 bits per heavy atom. The molecule has 2 amide bonds. The van der Waals surface area contributed by atoms with Crippen molar-refractivity contribution in [1.29, 1.82) is 0 Å². The molecule has 1 aliphatic rings. The highest BCUT2D eigenvalue weighted by Gasteiger charge is 2.46. The third-order valence-electron chi connectivity index (χ3n) is 12.2. The summed E-state index contributed by atoms with van der Waals surface area (Å²) in [4.78, 5) is 25.1. The highest BCUT2D eigenvalue weighted by atomic mass is 16.7. The van der Waals surface area contributed by atoms with Gasteiger partial charge in [0.05, 0.1) is 25.4 Å². The van der Waals surface area contributed by atoms with Gasteiger partial charge in [0.15, 0.2) is 6.29 Å². The van der Waals surface area contributed by atoms with Crippen LogP contribution in [-0.2, 0) is 19.1 Å². The van der Waals surface area contributed by atoms with E-state index in [1.165, 1.54) is 135 Å². The summed E-state index contributed by atoms with van der Waals surface area (Å²) in [7, 11) is 0. The molecule has 0 saturated carbocycles. The summed E-state index contributed by atoms with van der Waals surface area (Å²) < 4.78 is 11.6. The lowest BCUT2D eigenvalue weighted by molar-refractivity contribution is -0.272. The minimum atomic E-state index is -1.53. The van der Waals surface area contributed by atoms with Crippen LogP contribution in [0.2, 0.25) is 0 Å². The van der Waals surface area contributed by atoms with Crippen molar-refractivity contribution in [2.45, 2.75) is 275 Å². The monoisotopic (exact) mass is 859 g/mol. The van der Waals surface area contributed by atoms with E-state index in [-0.39, 0.29) is 6.42 Å². The zero-order valence-electron chi connectivity index (χ0n) is 38.7. The lowest BCUT2D eigenvalue weighted by Gasteiger charge is -2.42. The van der Waals surface area contributed by atoms with Crippen molar-refractivity contribution in [3.63, 3.8) is 0 Å². The van der Waals surface area contributed by atoms with Gasteiger partial charge in [-0.05, 0) is 18.8 Å². The fourth-order valence-electron chi connectivity index (χ4n) is 8.27. The lowest BCUT2D eigenvalue weighted by Crippen LogP contribution is -2.65. The Balaban J connectivity index is 2.54. The van der Waals surface area contributed by atoms with Gasteiger partial charge in [-0.3, -0.25) is 9.59 Å². The first-order valence-corrected chi connectivity index (χ1v) is 24.8. The second-order valence-corrected chi connectivity index (χ2v) is 18.4. The van der Waals surface area contributed by atoms with Crippen LogP contribution in [0.25, 0.3) is 0 Å². The van der Waals surface area contributed by atoms with Gasteiger partial charge in [-0.1, -0.05) is 201 Å². The third-order valence-corrected chi connectivity index (χ3v) is 12.2. The number of aliphatic hydroxyl groups excluding tert-OH is 6. The Bertz CT molecular complexity index is 1020. The zero-order valence-corrected chi connectivity index (χ0v) is 38.7. The minimum absolute atomic E-state index is 0.257. The van der Waals surface area contributed by atoms with Crippen LogP contribution in [0.3, 0.4) is 0 Å². The van der Waals surface area contributed by atoms with Gasteiger partial charge in [0.25, 0.3) is 0 Å². The normalized spacial score (nSPS) is 21.5. The molecule has 8 N–H and O–H groups in total. The van der Waals surface area contributed by atoms with Gasteiger partial charge in [-0.25, -0.2) is 0 Å². The Morgan fingerprint density at radius 2 is 1.03 bits per heavy atom.